The molecule has 180 valence electrons. The fourth-order valence-corrected chi connectivity index (χ4v) is 2.42. The van der Waals surface area contributed by atoms with Crippen molar-refractivity contribution in [2.75, 3.05) is 26.2 Å². The summed E-state index contributed by atoms with van der Waals surface area (Å²) in [5, 5.41) is 0. The van der Waals surface area contributed by atoms with Gasteiger partial charge in [0.15, 0.2) is 0 Å². The number of halogens is 10. The topological polar surface area (TPSA) is 92.7 Å². The molecule has 6 nitrogen and oxygen atoms in total. The van der Waals surface area contributed by atoms with Crippen molar-refractivity contribution in [3.8, 4) is 0 Å². The van der Waals surface area contributed by atoms with Crippen molar-refractivity contribution in [3.05, 3.63) is 0 Å². The van der Waals surface area contributed by atoms with Crippen molar-refractivity contribution >= 4 is 36.6 Å². The van der Waals surface area contributed by atoms with Crippen LogP contribution in [0.2, 0.25) is 0 Å². The molecule has 2 atom stereocenters. The van der Waals surface area contributed by atoms with Gasteiger partial charge in [0, 0.05) is 0 Å². The van der Waals surface area contributed by atoms with Gasteiger partial charge in [-0.1, -0.05) is 0 Å². The first-order valence-electron chi connectivity index (χ1n) is 7.95. The Labute approximate surface area is 179 Å². The maximum absolute atomic E-state index is 12.6. The lowest BCUT2D eigenvalue weighted by Gasteiger charge is -2.16. The zero-order chi connectivity index (χ0) is 22.3. The van der Waals surface area contributed by atoms with Gasteiger partial charge in [-0.15, -0.1) is 24.8 Å². The van der Waals surface area contributed by atoms with Crippen molar-refractivity contribution in [1.29, 1.82) is 0 Å². The molecule has 0 aliphatic carbocycles. The third kappa shape index (κ3) is 6.44. The Bertz CT molecular complexity index is 539. The average molecular weight is 501 g/mol. The Hall–Kier alpha value is -1.12. The Kier molecular flexibility index (Phi) is 10.4. The molecule has 0 aromatic heterocycles. The predicted molar refractivity (Wildman–Crippen MR) is 94.7 cm³/mol. The van der Waals surface area contributed by atoms with E-state index in [-0.39, 0.29) is 24.8 Å². The average Bonchev–Trinajstić information content (AvgIpc) is 2.85. The summed E-state index contributed by atoms with van der Waals surface area (Å²) < 4.78 is 101. The molecule has 2 amide bonds. The number of hydrogen-bond acceptors (Lipinski definition) is 4. The highest BCUT2D eigenvalue weighted by atomic mass is 35.5. The molecule has 0 saturated carbocycles. The number of rotatable bonds is 2. The molecule has 2 aliphatic heterocycles. The zero-order valence-electron chi connectivity index (χ0n) is 15.7. The summed E-state index contributed by atoms with van der Waals surface area (Å²) >= 11 is 0. The molecular formula is C14H22Cl2F8N4O2. The van der Waals surface area contributed by atoms with Gasteiger partial charge in [0.25, 0.3) is 0 Å². The lowest BCUT2D eigenvalue weighted by molar-refractivity contribution is -0.172. The maximum atomic E-state index is 12.6. The SMILES string of the molecule is C[C@H](N)C(=O)N1CC(F)(F)C(F)(F)C1.C[C@H](N)C(=O)N1CC(F)(F)C(F)(F)C1.Cl.Cl. The minimum atomic E-state index is -4.16. The van der Waals surface area contributed by atoms with E-state index in [1.165, 1.54) is 13.8 Å². The molecule has 0 unspecified atom stereocenters. The molecule has 0 aromatic rings. The highest BCUT2D eigenvalue weighted by Crippen LogP contribution is 2.41. The number of nitrogens with zero attached hydrogens (tertiary/aromatic N) is 2. The van der Waals surface area contributed by atoms with E-state index in [1.54, 1.807) is 0 Å². The minimum Gasteiger partial charge on any atom is -0.329 e. The third-order valence-electron chi connectivity index (χ3n) is 4.03. The van der Waals surface area contributed by atoms with Crippen molar-refractivity contribution in [2.24, 2.45) is 11.5 Å². The van der Waals surface area contributed by atoms with Gasteiger partial charge >= 0.3 is 23.7 Å². The minimum absolute atomic E-state index is 0. The monoisotopic (exact) mass is 500 g/mol. The molecule has 2 heterocycles. The fraction of sp³-hybridized carbons (Fsp3) is 0.857. The quantitative estimate of drug-likeness (QED) is 0.565. The summed E-state index contributed by atoms with van der Waals surface area (Å²) in [4.78, 5) is 22.9. The van der Waals surface area contributed by atoms with Gasteiger partial charge in [0.1, 0.15) is 0 Å². The number of amides is 2. The second kappa shape index (κ2) is 10.0. The standard InChI is InChI=1S/2C7H10F4N2O.2ClH/c2*1-4(12)5(14)13-2-6(8,9)7(10,11)3-13;;/h2*4H,2-3,12H2,1H3;2*1H/t2*4-;;/m00../s1. The molecule has 2 fully saturated rings. The van der Waals surface area contributed by atoms with E-state index in [1.807, 2.05) is 0 Å². The molecule has 2 aliphatic rings. The van der Waals surface area contributed by atoms with Crippen LogP contribution in [0.1, 0.15) is 13.8 Å². The Morgan fingerprint density at radius 1 is 0.633 bits per heavy atom. The molecule has 16 heteroatoms. The highest BCUT2D eigenvalue weighted by molar-refractivity contribution is 5.85. The number of alkyl halides is 8. The van der Waals surface area contributed by atoms with E-state index in [0.29, 0.717) is 9.80 Å². The normalized spacial score (nSPS) is 24.5. The van der Waals surface area contributed by atoms with E-state index in [4.69, 9.17) is 11.5 Å². The maximum Gasteiger partial charge on any atom is 0.329 e. The number of carbonyl (C=O) groups is 2. The largest absolute Gasteiger partial charge is 0.329 e. The van der Waals surface area contributed by atoms with Gasteiger partial charge in [-0.3, -0.25) is 9.59 Å². The van der Waals surface area contributed by atoms with Crippen molar-refractivity contribution in [3.63, 3.8) is 0 Å². The molecule has 2 saturated heterocycles. The predicted octanol–water partition coefficient (Wildman–Crippen LogP) is 1.74. The molecular weight excluding hydrogens is 479 g/mol. The van der Waals surface area contributed by atoms with Gasteiger partial charge in [-0.05, 0) is 13.8 Å². The van der Waals surface area contributed by atoms with Crippen LogP contribution in [0.25, 0.3) is 0 Å². The number of hydrogen-bond donors (Lipinski definition) is 2. The summed E-state index contributed by atoms with van der Waals surface area (Å²) in [5.41, 5.74) is 10.2. The van der Waals surface area contributed by atoms with Crippen LogP contribution in [-0.2, 0) is 9.59 Å². The Morgan fingerprint density at radius 3 is 0.933 bits per heavy atom. The van der Waals surface area contributed by atoms with Crippen molar-refractivity contribution < 1.29 is 44.7 Å². The van der Waals surface area contributed by atoms with Crippen molar-refractivity contribution in [1.82, 2.24) is 9.80 Å². The lowest BCUT2D eigenvalue weighted by Crippen LogP contribution is -2.41. The van der Waals surface area contributed by atoms with Crippen LogP contribution in [-0.4, -0.2) is 83.6 Å². The summed E-state index contributed by atoms with van der Waals surface area (Å²) in [7, 11) is 0. The first-order valence-corrected chi connectivity index (χ1v) is 7.95. The van der Waals surface area contributed by atoms with E-state index in [2.05, 4.69) is 0 Å². The van der Waals surface area contributed by atoms with Gasteiger partial charge in [-0.2, -0.15) is 35.1 Å². The summed E-state index contributed by atoms with van der Waals surface area (Å²) in [6.07, 6.45) is 0. The van der Waals surface area contributed by atoms with Crippen LogP contribution < -0.4 is 11.5 Å². The van der Waals surface area contributed by atoms with Crippen LogP contribution in [0.3, 0.4) is 0 Å². The van der Waals surface area contributed by atoms with E-state index < -0.39 is 73.8 Å². The number of carbonyl (C=O) groups excluding carboxylic acids is 2. The number of nitrogens with two attached hydrogens (primary N) is 2. The first kappa shape index (κ1) is 31.1. The van der Waals surface area contributed by atoms with Gasteiger partial charge in [-0.25, -0.2) is 0 Å². The summed E-state index contributed by atoms with van der Waals surface area (Å²) in [6, 6.07) is -2.08. The van der Waals surface area contributed by atoms with Gasteiger partial charge < -0.3 is 21.3 Å². The Balaban J connectivity index is 0. The van der Waals surface area contributed by atoms with Crippen LogP contribution in [0, 0.1) is 0 Å². The second-order valence-electron chi connectivity index (χ2n) is 6.78. The van der Waals surface area contributed by atoms with Crippen LogP contribution in [0.15, 0.2) is 0 Å². The van der Waals surface area contributed by atoms with Crippen LogP contribution in [0.4, 0.5) is 35.1 Å². The molecule has 0 aromatic carbocycles. The Morgan fingerprint density at radius 2 is 0.800 bits per heavy atom. The number of likely N-dealkylation sites (tertiary alicyclic amines) is 2. The third-order valence-corrected chi connectivity index (χ3v) is 4.03. The van der Waals surface area contributed by atoms with Crippen molar-refractivity contribution in [2.45, 2.75) is 49.6 Å². The molecule has 30 heavy (non-hydrogen) atoms. The van der Waals surface area contributed by atoms with Crippen LogP contribution in [0.5, 0.6) is 0 Å². The molecule has 2 rings (SSSR count). The molecule has 0 bridgehead atoms. The second-order valence-corrected chi connectivity index (χ2v) is 6.78. The first-order chi connectivity index (χ1) is 12.3. The van der Waals surface area contributed by atoms with Gasteiger partial charge in [0.05, 0.1) is 38.3 Å². The summed E-state index contributed by atoms with van der Waals surface area (Å²) in [5.74, 6) is -18.4. The molecule has 0 radical (unpaired) electrons. The van der Waals surface area contributed by atoms with E-state index >= 15 is 0 Å². The molecule has 0 spiro atoms. The summed E-state index contributed by atoms with van der Waals surface area (Å²) in [6.45, 7) is -2.53. The van der Waals surface area contributed by atoms with Gasteiger partial charge in [0.2, 0.25) is 11.8 Å². The van der Waals surface area contributed by atoms with Crippen LogP contribution >= 0.6 is 24.8 Å². The molecule has 4 N–H and O–H groups in total. The highest BCUT2D eigenvalue weighted by Gasteiger charge is 2.64. The van der Waals surface area contributed by atoms with E-state index in [0.717, 1.165) is 0 Å². The smallest absolute Gasteiger partial charge is 0.329 e. The fourth-order valence-electron chi connectivity index (χ4n) is 2.42. The zero-order valence-corrected chi connectivity index (χ0v) is 17.3. The van der Waals surface area contributed by atoms with E-state index in [9.17, 15) is 44.7 Å². The lowest BCUT2D eigenvalue weighted by atomic mass is 10.2.